The van der Waals surface area contributed by atoms with Crippen LogP contribution in [-0.4, -0.2) is 47.1 Å². The quantitative estimate of drug-likeness (QED) is 0.571. The minimum Gasteiger partial charge on any atom is -0.378 e. The van der Waals surface area contributed by atoms with Gasteiger partial charge in [0, 0.05) is 31.9 Å². The largest absolute Gasteiger partial charge is 0.378 e. The molecule has 2 aromatic rings. The molecule has 0 spiro atoms. The minimum absolute atomic E-state index is 0.0376. The Morgan fingerprint density at radius 1 is 1.26 bits per heavy atom. The number of hydrogen-bond acceptors (Lipinski definition) is 6. The molecule has 0 amide bonds. The van der Waals surface area contributed by atoms with Crippen LogP contribution in [0.2, 0.25) is 0 Å². The van der Waals surface area contributed by atoms with Crippen molar-refractivity contribution in [3.63, 3.8) is 0 Å². The van der Waals surface area contributed by atoms with Crippen LogP contribution < -0.4 is 5.32 Å². The normalized spacial score (nSPS) is 15.6. The van der Waals surface area contributed by atoms with E-state index in [0.29, 0.717) is 31.9 Å². The minimum atomic E-state index is -3.71. The Morgan fingerprint density at radius 2 is 2.00 bits per heavy atom. The molecular weight excluding hydrogens is 370 g/mol. The van der Waals surface area contributed by atoms with Crippen molar-refractivity contribution in [1.82, 2.24) is 14.1 Å². The number of piperidine rings is 1. The molecule has 0 unspecified atom stereocenters. The van der Waals surface area contributed by atoms with E-state index in [-0.39, 0.29) is 10.6 Å². The van der Waals surface area contributed by atoms with Crippen molar-refractivity contribution >= 4 is 21.4 Å². The molecule has 1 aromatic heterocycles. The standard InChI is InChI=1S/C17H23N5O4S/c1-14-12-19-20(13-14)10-7-18-16-6-5-15(11-17(16)22(23)24)27(25,26)21-8-3-2-4-9-21/h5-6,11-13,18H,2-4,7-10H2,1H3. The predicted octanol–water partition coefficient (Wildman–Crippen LogP) is 2.39. The van der Waals surface area contributed by atoms with Gasteiger partial charge < -0.3 is 5.32 Å². The van der Waals surface area contributed by atoms with E-state index in [0.717, 1.165) is 30.9 Å². The third-order valence-corrected chi connectivity index (χ3v) is 6.43. The average Bonchev–Trinajstić information content (AvgIpc) is 3.07. The van der Waals surface area contributed by atoms with Gasteiger partial charge in [-0.2, -0.15) is 9.40 Å². The number of benzene rings is 1. The Labute approximate surface area is 158 Å². The number of aromatic nitrogens is 2. The molecule has 27 heavy (non-hydrogen) atoms. The molecule has 2 heterocycles. The second kappa shape index (κ2) is 8.05. The number of hydrogen-bond donors (Lipinski definition) is 1. The summed E-state index contributed by atoms with van der Waals surface area (Å²) in [7, 11) is -3.71. The van der Waals surface area contributed by atoms with E-state index in [2.05, 4.69) is 10.4 Å². The first-order valence-electron chi connectivity index (χ1n) is 8.89. The molecule has 146 valence electrons. The highest BCUT2D eigenvalue weighted by Gasteiger charge is 2.28. The molecule has 1 aliphatic rings. The molecule has 9 nitrogen and oxygen atoms in total. The van der Waals surface area contributed by atoms with Gasteiger partial charge in [0.2, 0.25) is 10.0 Å². The summed E-state index contributed by atoms with van der Waals surface area (Å²) in [5.41, 5.74) is 1.08. The highest BCUT2D eigenvalue weighted by atomic mass is 32.2. The van der Waals surface area contributed by atoms with E-state index in [4.69, 9.17) is 0 Å². The van der Waals surface area contributed by atoms with Crippen LogP contribution in [0, 0.1) is 17.0 Å². The smallest absolute Gasteiger partial charge is 0.293 e. The molecule has 10 heteroatoms. The number of nitrogens with one attached hydrogen (secondary N) is 1. The first kappa shape index (κ1) is 19.3. The molecule has 0 radical (unpaired) electrons. The molecule has 1 aliphatic heterocycles. The molecule has 0 aliphatic carbocycles. The molecule has 3 rings (SSSR count). The Morgan fingerprint density at radius 3 is 2.63 bits per heavy atom. The summed E-state index contributed by atoms with van der Waals surface area (Å²) in [6, 6.07) is 4.03. The van der Waals surface area contributed by atoms with Gasteiger partial charge in [0.15, 0.2) is 0 Å². The zero-order chi connectivity index (χ0) is 19.4. The lowest BCUT2D eigenvalue weighted by atomic mass is 10.2. The van der Waals surface area contributed by atoms with E-state index in [9.17, 15) is 18.5 Å². The van der Waals surface area contributed by atoms with Crippen LogP contribution in [0.4, 0.5) is 11.4 Å². The van der Waals surface area contributed by atoms with Gasteiger partial charge in [-0.1, -0.05) is 6.42 Å². The van der Waals surface area contributed by atoms with Crippen molar-refractivity contribution < 1.29 is 13.3 Å². The maximum atomic E-state index is 12.7. The second-order valence-electron chi connectivity index (χ2n) is 6.61. The van der Waals surface area contributed by atoms with Crippen molar-refractivity contribution in [3.05, 3.63) is 46.3 Å². The van der Waals surface area contributed by atoms with Gasteiger partial charge in [0.25, 0.3) is 5.69 Å². The molecule has 0 saturated carbocycles. The van der Waals surface area contributed by atoms with Gasteiger partial charge in [-0.3, -0.25) is 14.8 Å². The van der Waals surface area contributed by atoms with Crippen molar-refractivity contribution in [2.75, 3.05) is 25.0 Å². The van der Waals surface area contributed by atoms with Crippen LogP contribution in [0.15, 0.2) is 35.5 Å². The monoisotopic (exact) mass is 393 g/mol. The van der Waals surface area contributed by atoms with Crippen LogP contribution >= 0.6 is 0 Å². The zero-order valence-corrected chi connectivity index (χ0v) is 16.0. The lowest BCUT2D eigenvalue weighted by Gasteiger charge is -2.25. The summed E-state index contributed by atoms with van der Waals surface area (Å²) in [6.45, 7) is 3.82. The molecule has 1 saturated heterocycles. The first-order valence-corrected chi connectivity index (χ1v) is 10.3. The third-order valence-electron chi connectivity index (χ3n) is 4.54. The van der Waals surface area contributed by atoms with E-state index < -0.39 is 14.9 Å². The summed E-state index contributed by atoms with van der Waals surface area (Å²) in [5.74, 6) is 0. The highest BCUT2D eigenvalue weighted by Crippen LogP contribution is 2.29. The Bertz CT molecular complexity index is 919. The number of anilines is 1. The molecule has 1 aromatic carbocycles. The summed E-state index contributed by atoms with van der Waals surface area (Å²) >= 11 is 0. The number of rotatable bonds is 7. The fourth-order valence-corrected chi connectivity index (χ4v) is 4.66. The second-order valence-corrected chi connectivity index (χ2v) is 8.55. The van der Waals surface area contributed by atoms with E-state index >= 15 is 0 Å². The zero-order valence-electron chi connectivity index (χ0n) is 15.2. The summed E-state index contributed by atoms with van der Waals surface area (Å²) in [6.07, 6.45) is 6.25. The number of aryl methyl sites for hydroxylation is 1. The lowest BCUT2D eigenvalue weighted by Crippen LogP contribution is -2.35. The lowest BCUT2D eigenvalue weighted by molar-refractivity contribution is -0.384. The maximum absolute atomic E-state index is 12.7. The molecule has 1 N–H and O–H groups in total. The van der Waals surface area contributed by atoms with Gasteiger partial charge in [-0.05, 0) is 37.5 Å². The molecular formula is C17H23N5O4S. The fraction of sp³-hybridized carbons (Fsp3) is 0.471. The number of nitrogens with zero attached hydrogens (tertiary/aromatic N) is 4. The third kappa shape index (κ3) is 4.45. The van der Waals surface area contributed by atoms with Gasteiger partial charge in [-0.25, -0.2) is 8.42 Å². The van der Waals surface area contributed by atoms with Crippen molar-refractivity contribution in [1.29, 1.82) is 0 Å². The van der Waals surface area contributed by atoms with Crippen LogP contribution in [-0.2, 0) is 16.6 Å². The van der Waals surface area contributed by atoms with Crippen LogP contribution in [0.5, 0.6) is 0 Å². The van der Waals surface area contributed by atoms with Crippen molar-refractivity contribution in [3.8, 4) is 0 Å². The van der Waals surface area contributed by atoms with Crippen molar-refractivity contribution in [2.45, 2.75) is 37.6 Å². The highest BCUT2D eigenvalue weighted by molar-refractivity contribution is 7.89. The summed E-state index contributed by atoms with van der Waals surface area (Å²) in [5, 5.41) is 18.6. The van der Waals surface area contributed by atoms with Gasteiger partial charge in [-0.15, -0.1) is 0 Å². The van der Waals surface area contributed by atoms with Crippen LogP contribution in [0.25, 0.3) is 0 Å². The summed E-state index contributed by atoms with van der Waals surface area (Å²) < 4.78 is 28.6. The molecule has 0 bridgehead atoms. The summed E-state index contributed by atoms with van der Waals surface area (Å²) in [4.78, 5) is 10.9. The van der Waals surface area contributed by atoms with Gasteiger partial charge >= 0.3 is 0 Å². The van der Waals surface area contributed by atoms with Gasteiger partial charge in [0.05, 0.1) is 22.6 Å². The SMILES string of the molecule is Cc1cnn(CCNc2ccc(S(=O)(=O)N3CCCCC3)cc2[N+](=O)[O-])c1. The molecule has 1 fully saturated rings. The Hall–Kier alpha value is -2.46. The Kier molecular flexibility index (Phi) is 5.76. The average molecular weight is 393 g/mol. The fourth-order valence-electron chi connectivity index (χ4n) is 3.12. The maximum Gasteiger partial charge on any atom is 0.293 e. The number of sulfonamides is 1. The number of nitro benzene ring substituents is 1. The topological polar surface area (TPSA) is 110 Å². The first-order chi connectivity index (χ1) is 12.9. The van der Waals surface area contributed by atoms with Gasteiger partial charge in [0.1, 0.15) is 5.69 Å². The Balaban J connectivity index is 1.76. The van der Waals surface area contributed by atoms with Crippen LogP contribution in [0.3, 0.4) is 0 Å². The molecule has 0 atom stereocenters. The van der Waals surface area contributed by atoms with E-state index in [1.807, 2.05) is 13.1 Å². The predicted molar refractivity (Wildman–Crippen MR) is 101 cm³/mol. The number of nitro groups is 1. The van der Waals surface area contributed by atoms with E-state index in [1.54, 1.807) is 10.9 Å². The van der Waals surface area contributed by atoms with Crippen molar-refractivity contribution in [2.24, 2.45) is 0 Å². The van der Waals surface area contributed by atoms with E-state index in [1.165, 1.54) is 16.4 Å². The van der Waals surface area contributed by atoms with Crippen LogP contribution in [0.1, 0.15) is 24.8 Å².